The van der Waals surface area contributed by atoms with Gasteiger partial charge in [-0.2, -0.15) is 0 Å². The fraction of sp³-hybridized carbons (Fsp3) is 0.222. The van der Waals surface area contributed by atoms with E-state index in [0.717, 1.165) is 52.2 Å². The smallest absolute Gasteiger partial charge is 0.140 e. The molecule has 0 saturated carbocycles. The summed E-state index contributed by atoms with van der Waals surface area (Å²) in [7, 11) is 4.11. The Kier molecular flexibility index (Phi) is 3.66. The van der Waals surface area contributed by atoms with Crippen molar-refractivity contribution in [1.29, 1.82) is 0 Å². The molecule has 0 saturated heterocycles. The third kappa shape index (κ3) is 2.61. The molecule has 0 unspecified atom stereocenters. The highest BCUT2D eigenvalue weighted by Gasteiger charge is 2.13. The molecule has 0 atom stereocenters. The maximum absolute atomic E-state index is 5.51. The van der Waals surface area contributed by atoms with Crippen LogP contribution in [0.4, 0.5) is 5.82 Å². The lowest BCUT2D eigenvalue weighted by atomic mass is 10.1. The molecule has 0 aliphatic heterocycles. The summed E-state index contributed by atoms with van der Waals surface area (Å²) in [5.74, 6) is 0.837. The van der Waals surface area contributed by atoms with E-state index < -0.39 is 0 Å². The van der Waals surface area contributed by atoms with Crippen LogP contribution in [0, 0.1) is 0 Å². The van der Waals surface area contributed by atoms with Crippen LogP contribution in [0.3, 0.4) is 0 Å². The summed E-state index contributed by atoms with van der Waals surface area (Å²) >= 11 is 0. The van der Waals surface area contributed by atoms with E-state index >= 15 is 0 Å². The van der Waals surface area contributed by atoms with Crippen LogP contribution in [0.2, 0.25) is 0 Å². The molecule has 6 heteroatoms. The number of pyridine rings is 2. The summed E-state index contributed by atoms with van der Waals surface area (Å²) < 4.78 is 5.51. The number of hydrogen-bond donors (Lipinski definition) is 2. The van der Waals surface area contributed by atoms with Crippen LogP contribution in [0.15, 0.2) is 47.3 Å². The minimum atomic E-state index is 0.828. The Morgan fingerprint density at radius 1 is 1.21 bits per heavy atom. The number of furan rings is 1. The maximum Gasteiger partial charge on any atom is 0.140 e. The molecule has 24 heavy (non-hydrogen) atoms. The van der Waals surface area contributed by atoms with Gasteiger partial charge in [-0.05, 0) is 38.4 Å². The van der Waals surface area contributed by atoms with E-state index in [2.05, 4.69) is 45.3 Å². The number of aromatic nitrogens is 3. The summed E-state index contributed by atoms with van der Waals surface area (Å²) in [5, 5.41) is 5.44. The molecule has 0 aliphatic carbocycles. The second-order valence-electron chi connectivity index (χ2n) is 6.02. The van der Waals surface area contributed by atoms with Crippen LogP contribution in [-0.2, 0) is 0 Å². The molecule has 4 rings (SSSR count). The second kappa shape index (κ2) is 5.98. The van der Waals surface area contributed by atoms with Crippen LogP contribution in [0.1, 0.15) is 0 Å². The topological polar surface area (TPSA) is 70.0 Å². The number of nitrogens with one attached hydrogen (secondary N) is 2. The number of nitrogens with zero attached hydrogens (tertiary/aromatic N) is 3. The van der Waals surface area contributed by atoms with Gasteiger partial charge in [0, 0.05) is 41.8 Å². The number of anilines is 1. The molecule has 4 aromatic rings. The quantitative estimate of drug-likeness (QED) is 0.590. The molecule has 0 amide bonds. The van der Waals surface area contributed by atoms with E-state index in [1.165, 1.54) is 0 Å². The van der Waals surface area contributed by atoms with E-state index in [4.69, 9.17) is 4.42 Å². The average Bonchev–Trinajstić information content (AvgIpc) is 3.22. The Hall–Kier alpha value is -2.86. The van der Waals surface area contributed by atoms with Gasteiger partial charge in [0.2, 0.25) is 0 Å². The highest BCUT2D eigenvalue weighted by atomic mass is 16.3. The van der Waals surface area contributed by atoms with Gasteiger partial charge in [0.05, 0.1) is 12.0 Å². The number of fused-ring (bicyclic) bond motifs is 2. The Labute approximate surface area is 139 Å². The molecular formula is C18H19N5O. The number of hydrogen-bond acceptors (Lipinski definition) is 5. The van der Waals surface area contributed by atoms with Crippen molar-refractivity contribution in [1.82, 2.24) is 19.9 Å². The van der Waals surface area contributed by atoms with Gasteiger partial charge in [0.1, 0.15) is 17.0 Å². The Balaban J connectivity index is 1.82. The first kappa shape index (κ1) is 14.7. The zero-order valence-electron chi connectivity index (χ0n) is 13.7. The predicted molar refractivity (Wildman–Crippen MR) is 96.1 cm³/mol. The summed E-state index contributed by atoms with van der Waals surface area (Å²) in [6, 6.07) is 7.92. The van der Waals surface area contributed by atoms with Gasteiger partial charge in [-0.1, -0.05) is 0 Å². The Morgan fingerprint density at radius 2 is 2.12 bits per heavy atom. The first-order chi connectivity index (χ1) is 11.7. The van der Waals surface area contributed by atoms with Crippen molar-refractivity contribution in [3.05, 3.63) is 42.9 Å². The third-order valence-electron chi connectivity index (χ3n) is 4.03. The monoisotopic (exact) mass is 321 g/mol. The van der Waals surface area contributed by atoms with Gasteiger partial charge in [0.15, 0.2) is 0 Å². The van der Waals surface area contributed by atoms with Gasteiger partial charge in [0.25, 0.3) is 0 Å². The van der Waals surface area contributed by atoms with Crippen LogP contribution in [0.5, 0.6) is 0 Å². The molecule has 122 valence electrons. The van der Waals surface area contributed by atoms with Gasteiger partial charge >= 0.3 is 0 Å². The molecule has 4 aromatic heterocycles. The first-order valence-corrected chi connectivity index (χ1v) is 7.92. The number of H-pyrrole nitrogens is 1. The van der Waals surface area contributed by atoms with Crippen molar-refractivity contribution >= 4 is 27.8 Å². The van der Waals surface area contributed by atoms with Crippen molar-refractivity contribution < 1.29 is 4.42 Å². The van der Waals surface area contributed by atoms with Crippen LogP contribution >= 0.6 is 0 Å². The Bertz CT molecular complexity index is 985. The molecule has 4 heterocycles. The van der Waals surface area contributed by atoms with Crippen LogP contribution in [0.25, 0.3) is 33.3 Å². The number of likely N-dealkylation sites (N-methyl/N-ethyl adjacent to an activating group) is 1. The Morgan fingerprint density at radius 3 is 3.00 bits per heavy atom. The summed E-state index contributed by atoms with van der Waals surface area (Å²) in [4.78, 5) is 14.6. The van der Waals surface area contributed by atoms with Gasteiger partial charge in [-0.25, -0.2) is 4.98 Å². The van der Waals surface area contributed by atoms with Crippen molar-refractivity contribution in [3.63, 3.8) is 0 Å². The second-order valence-corrected chi connectivity index (χ2v) is 6.02. The fourth-order valence-electron chi connectivity index (χ4n) is 2.84. The van der Waals surface area contributed by atoms with Crippen molar-refractivity contribution in [2.24, 2.45) is 0 Å². The SMILES string of the molecule is CN(C)CCNc1cc(-c2nccc3occc23)c2cc[nH]c2n1. The molecule has 0 aliphatic rings. The van der Waals surface area contributed by atoms with Crippen molar-refractivity contribution in [3.8, 4) is 11.3 Å². The van der Waals surface area contributed by atoms with E-state index in [1.807, 2.05) is 24.4 Å². The lowest BCUT2D eigenvalue weighted by Gasteiger charge is -2.12. The minimum absolute atomic E-state index is 0.828. The minimum Gasteiger partial charge on any atom is -0.464 e. The highest BCUT2D eigenvalue weighted by Crippen LogP contribution is 2.33. The predicted octanol–water partition coefficient (Wildman–Crippen LogP) is 3.34. The number of rotatable bonds is 5. The van der Waals surface area contributed by atoms with E-state index in [0.29, 0.717) is 0 Å². The third-order valence-corrected chi connectivity index (χ3v) is 4.03. The summed E-state index contributed by atoms with van der Waals surface area (Å²) in [5.41, 5.74) is 3.63. The first-order valence-electron chi connectivity index (χ1n) is 7.92. The summed E-state index contributed by atoms with van der Waals surface area (Å²) in [6.07, 6.45) is 5.38. The van der Waals surface area contributed by atoms with E-state index in [9.17, 15) is 0 Å². The maximum atomic E-state index is 5.51. The van der Waals surface area contributed by atoms with Gasteiger partial charge in [-0.3, -0.25) is 4.98 Å². The molecule has 0 fully saturated rings. The standard InChI is InChI=1S/C18H19N5O/c1-23(2)9-8-19-16-11-14(12-3-6-21-18(12)22-16)17-13-5-10-24-15(13)4-7-20-17/h3-7,10-11H,8-9H2,1-2H3,(H2,19,21,22). The van der Waals surface area contributed by atoms with Crippen LogP contribution in [-0.4, -0.2) is 47.0 Å². The highest BCUT2D eigenvalue weighted by molar-refractivity contribution is 6.01. The van der Waals surface area contributed by atoms with E-state index in [1.54, 1.807) is 12.5 Å². The fourth-order valence-corrected chi connectivity index (χ4v) is 2.84. The summed E-state index contributed by atoms with van der Waals surface area (Å²) in [6.45, 7) is 1.77. The molecule has 6 nitrogen and oxygen atoms in total. The van der Waals surface area contributed by atoms with E-state index in [-0.39, 0.29) is 0 Å². The molecular weight excluding hydrogens is 302 g/mol. The molecule has 0 aromatic carbocycles. The normalized spacial score (nSPS) is 11.6. The van der Waals surface area contributed by atoms with Gasteiger partial charge in [-0.15, -0.1) is 0 Å². The average molecular weight is 321 g/mol. The lowest BCUT2D eigenvalue weighted by Crippen LogP contribution is -2.21. The molecule has 0 bridgehead atoms. The molecule has 2 N–H and O–H groups in total. The number of aromatic amines is 1. The lowest BCUT2D eigenvalue weighted by molar-refractivity contribution is 0.425. The van der Waals surface area contributed by atoms with Gasteiger partial charge < -0.3 is 19.6 Å². The zero-order chi connectivity index (χ0) is 16.5. The van der Waals surface area contributed by atoms with Crippen molar-refractivity contribution in [2.45, 2.75) is 0 Å². The molecule has 0 spiro atoms. The van der Waals surface area contributed by atoms with Crippen molar-refractivity contribution in [2.75, 3.05) is 32.5 Å². The largest absolute Gasteiger partial charge is 0.464 e. The zero-order valence-corrected chi connectivity index (χ0v) is 13.7. The van der Waals surface area contributed by atoms with Crippen LogP contribution < -0.4 is 5.32 Å². The molecule has 0 radical (unpaired) electrons.